The Balaban J connectivity index is 1.90. The first-order valence-corrected chi connectivity index (χ1v) is 6.65. The van der Waals surface area contributed by atoms with Gasteiger partial charge in [-0.2, -0.15) is 0 Å². The van der Waals surface area contributed by atoms with Crippen LogP contribution in [0.4, 0.5) is 0 Å². The molecule has 0 aliphatic heterocycles. The second kappa shape index (κ2) is 6.76. The van der Waals surface area contributed by atoms with Crippen LogP contribution in [-0.4, -0.2) is 21.6 Å². The Labute approximate surface area is 121 Å². The number of carbonyl (C=O) groups excluding carboxylic acids is 1. The third-order valence-corrected chi connectivity index (χ3v) is 3.11. The molecule has 1 aromatic carbocycles. The largest absolute Gasteiger partial charge is 0.492 e. The molecule has 7 heteroatoms. The molecule has 21 heavy (non-hydrogen) atoms. The van der Waals surface area contributed by atoms with E-state index in [1.165, 1.54) is 0 Å². The van der Waals surface area contributed by atoms with Crippen molar-refractivity contribution >= 4 is 5.91 Å². The molecule has 0 aliphatic rings. The molecule has 0 saturated carbocycles. The molecule has 0 saturated heterocycles. The monoisotopic (exact) mass is 290 g/mol. The van der Waals surface area contributed by atoms with Gasteiger partial charge in [0.05, 0.1) is 6.54 Å². The fraction of sp³-hybridized carbons (Fsp3) is 0.286. The van der Waals surface area contributed by atoms with E-state index in [2.05, 4.69) is 5.43 Å². The van der Waals surface area contributed by atoms with Crippen molar-refractivity contribution in [2.75, 3.05) is 6.61 Å². The minimum absolute atomic E-state index is 0.0453. The molecule has 0 unspecified atom stereocenters. The maximum absolute atomic E-state index is 11.8. The molecule has 1 heterocycles. The van der Waals surface area contributed by atoms with Crippen molar-refractivity contribution < 1.29 is 9.53 Å². The van der Waals surface area contributed by atoms with E-state index in [-0.39, 0.29) is 11.6 Å². The van der Waals surface area contributed by atoms with Crippen molar-refractivity contribution in [2.24, 2.45) is 5.84 Å². The van der Waals surface area contributed by atoms with Gasteiger partial charge >= 0.3 is 5.69 Å². The molecule has 0 spiro atoms. The lowest BCUT2D eigenvalue weighted by Gasteiger charge is -2.07. The van der Waals surface area contributed by atoms with E-state index in [0.717, 1.165) is 0 Å². The van der Waals surface area contributed by atoms with Crippen LogP contribution in [0.15, 0.2) is 41.5 Å². The van der Waals surface area contributed by atoms with Crippen molar-refractivity contribution in [1.82, 2.24) is 14.6 Å². The van der Waals surface area contributed by atoms with E-state index >= 15 is 0 Å². The summed E-state index contributed by atoms with van der Waals surface area (Å²) < 4.78 is 8.77. The maximum atomic E-state index is 11.8. The standard InChI is InChI=1S/C14H18N4O3/c1-2-17-7-8-18(14(17)20)9-10-21-12-5-3-11(4-6-12)13(19)16-15/h3-8H,2,9-10,15H2,1H3,(H,16,19). The van der Waals surface area contributed by atoms with Gasteiger partial charge in [-0.15, -0.1) is 0 Å². The van der Waals surface area contributed by atoms with Crippen molar-refractivity contribution in [3.8, 4) is 5.75 Å². The number of nitrogens with two attached hydrogens (primary N) is 1. The van der Waals surface area contributed by atoms with Crippen molar-refractivity contribution in [3.05, 3.63) is 52.7 Å². The Morgan fingerprint density at radius 2 is 1.90 bits per heavy atom. The minimum Gasteiger partial charge on any atom is -0.492 e. The Morgan fingerprint density at radius 1 is 1.24 bits per heavy atom. The van der Waals surface area contributed by atoms with Gasteiger partial charge in [0.25, 0.3) is 5.91 Å². The highest BCUT2D eigenvalue weighted by molar-refractivity contribution is 5.93. The second-order valence-corrected chi connectivity index (χ2v) is 4.41. The van der Waals surface area contributed by atoms with Crippen LogP contribution in [-0.2, 0) is 13.1 Å². The van der Waals surface area contributed by atoms with Crippen LogP contribution < -0.4 is 21.7 Å². The molecule has 0 radical (unpaired) electrons. The fourth-order valence-electron chi connectivity index (χ4n) is 1.91. The Bertz CT molecular complexity index is 658. The van der Waals surface area contributed by atoms with Crippen molar-refractivity contribution in [3.63, 3.8) is 0 Å². The summed E-state index contributed by atoms with van der Waals surface area (Å²) in [5.41, 5.74) is 2.47. The Hall–Kier alpha value is -2.54. The van der Waals surface area contributed by atoms with Gasteiger partial charge < -0.3 is 4.74 Å². The summed E-state index contributed by atoms with van der Waals surface area (Å²) in [5.74, 6) is 5.33. The molecule has 0 fully saturated rings. The number of ether oxygens (including phenoxy) is 1. The van der Waals surface area contributed by atoms with E-state index in [4.69, 9.17) is 10.6 Å². The van der Waals surface area contributed by atoms with Gasteiger partial charge in [-0.3, -0.25) is 19.4 Å². The molecule has 3 N–H and O–H groups in total. The Kier molecular flexibility index (Phi) is 4.78. The van der Waals surface area contributed by atoms with Crippen molar-refractivity contribution in [2.45, 2.75) is 20.0 Å². The third-order valence-electron chi connectivity index (χ3n) is 3.11. The van der Waals surface area contributed by atoms with Crippen LogP contribution >= 0.6 is 0 Å². The van der Waals surface area contributed by atoms with Gasteiger partial charge in [0.2, 0.25) is 0 Å². The summed E-state index contributed by atoms with van der Waals surface area (Å²) in [6.45, 7) is 3.41. The van der Waals surface area contributed by atoms with Crippen LogP contribution in [0.5, 0.6) is 5.75 Å². The van der Waals surface area contributed by atoms with E-state index in [1.807, 2.05) is 6.92 Å². The zero-order valence-corrected chi connectivity index (χ0v) is 11.8. The number of hydrogen-bond acceptors (Lipinski definition) is 4. The number of nitrogens with one attached hydrogen (secondary N) is 1. The SMILES string of the molecule is CCn1ccn(CCOc2ccc(C(=O)NN)cc2)c1=O. The van der Waals surface area contributed by atoms with Crippen LogP contribution in [0.1, 0.15) is 17.3 Å². The predicted molar refractivity (Wildman–Crippen MR) is 78.0 cm³/mol. The molecule has 0 aliphatic carbocycles. The van der Waals surface area contributed by atoms with Crippen LogP contribution in [0.2, 0.25) is 0 Å². The average molecular weight is 290 g/mol. The molecule has 0 atom stereocenters. The third kappa shape index (κ3) is 3.51. The summed E-state index contributed by atoms with van der Waals surface area (Å²) >= 11 is 0. The number of imidazole rings is 1. The zero-order valence-electron chi connectivity index (χ0n) is 11.8. The number of hydrogen-bond donors (Lipinski definition) is 2. The topological polar surface area (TPSA) is 91.3 Å². The molecule has 1 aromatic heterocycles. The van der Waals surface area contributed by atoms with E-state index in [9.17, 15) is 9.59 Å². The number of carbonyl (C=O) groups is 1. The molecule has 112 valence electrons. The number of rotatable bonds is 6. The first kappa shape index (κ1) is 14.9. The molecule has 0 bridgehead atoms. The lowest BCUT2D eigenvalue weighted by atomic mass is 10.2. The molecular formula is C14H18N4O3. The van der Waals surface area contributed by atoms with E-state index in [0.29, 0.717) is 31.0 Å². The van der Waals surface area contributed by atoms with Crippen molar-refractivity contribution in [1.29, 1.82) is 0 Å². The van der Waals surface area contributed by atoms with Gasteiger partial charge in [-0.1, -0.05) is 0 Å². The smallest absolute Gasteiger partial charge is 0.328 e. The molecule has 1 amide bonds. The summed E-state index contributed by atoms with van der Waals surface area (Å²) in [6, 6.07) is 6.61. The average Bonchev–Trinajstić information content (AvgIpc) is 2.87. The number of amides is 1. The zero-order chi connectivity index (χ0) is 15.2. The molecule has 2 aromatic rings. The summed E-state index contributed by atoms with van der Waals surface area (Å²) in [6.07, 6.45) is 3.49. The van der Waals surface area contributed by atoms with Gasteiger partial charge in [-0.25, -0.2) is 10.6 Å². The minimum atomic E-state index is -0.353. The van der Waals surface area contributed by atoms with Gasteiger partial charge in [-0.05, 0) is 31.2 Å². The highest BCUT2D eigenvalue weighted by Crippen LogP contribution is 2.12. The van der Waals surface area contributed by atoms with Crippen LogP contribution in [0, 0.1) is 0 Å². The van der Waals surface area contributed by atoms with Gasteiger partial charge in [0.1, 0.15) is 12.4 Å². The quantitative estimate of drug-likeness (QED) is 0.456. The Morgan fingerprint density at radius 3 is 2.48 bits per heavy atom. The number of aromatic nitrogens is 2. The molecule has 7 nitrogen and oxygen atoms in total. The summed E-state index contributed by atoms with van der Waals surface area (Å²) in [5, 5.41) is 0. The second-order valence-electron chi connectivity index (χ2n) is 4.41. The first-order valence-electron chi connectivity index (χ1n) is 6.65. The highest BCUT2D eigenvalue weighted by Gasteiger charge is 2.04. The normalized spacial score (nSPS) is 10.4. The maximum Gasteiger partial charge on any atom is 0.328 e. The van der Waals surface area contributed by atoms with Crippen LogP contribution in [0.25, 0.3) is 0 Å². The highest BCUT2D eigenvalue weighted by atomic mass is 16.5. The van der Waals surface area contributed by atoms with Gasteiger partial charge in [0, 0.05) is 24.5 Å². The van der Waals surface area contributed by atoms with E-state index in [1.54, 1.807) is 45.8 Å². The fourth-order valence-corrected chi connectivity index (χ4v) is 1.91. The number of hydrazine groups is 1. The summed E-state index contributed by atoms with van der Waals surface area (Å²) in [7, 11) is 0. The number of nitrogens with zero attached hydrogens (tertiary/aromatic N) is 2. The number of aryl methyl sites for hydroxylation is 1. The van der Waals surface area contributed by atoms with Crippen LogP contribution in [0.3, 0.4) is 0 Å². The number of benzene rings is 1. The molecule has 2 rings (SSSR count). The summed E-state index contributed by atoms with van der Waals surface area (Å²) in [4.78, 5) is 23.1. The predicted octanol–water partition coefficient (Wildman–Crippen LogP) is 0.352. The first-order chi connectivity index (χ1) is 10.2. The lowest BCUT2D eigenvalue weighted by molar-refractivity contribution is 0.0953. The molecular weight excluding hydrogens is 272 g/mol. The lowest BCUT2D eigenvalue weighted by Crippen LogP contribution is -2.29. The number of nitrogen functional groups attached to an aromatic ring is 1. The van der Waals surface area contributed by atoms with E-state index < -0.39 is 0 Å². The van der Waals surface area contributed by atoms with Gasteiger partial charge in [0.15, 0.2) is 0 Å².